The van der Waals surface area contributed by atoms with Crippen LogP contribution in [0.15, 0.2) is 137 Å². The van der Waals surface area contributed by atoms with E-state index in [1.165, 1.54) is 0 Å². The van der Waals surface area contributed by atoms with Gasteiger partial charge >= 0.3 is 0 Å². The second-order valence-corrected chi connectivity index (χ2v) is 8.01. The highest BCUT2D eigenvalue weighted by Crippen LogP contribution is 2.46. The third-order valence-corrected chi connectivity index (χ3v) is 6.07. The van der Waals surface area contributed by atoms with Crippen LogP contribution in [0.5, 0.6) is 0 Å². The van der Waals surface area contributed by atoms with Crippen LogP contribution in [0.2, 0.25) is 0 Å². The summed E-state index contributed by atoms with van der Waals surface area (Å²) in [6.45, 7) is 0. The fourth-order valence-corrected chi connectivity index (χ4v) is 4.58. The number of rotatable bonds is 2. The topological polar surface area (TPSA) is 13.1 Å². The fourth-order valence-electron chi connectivity index (χ4n) is 4.58. The molecule has 1 heterocycles. The van der Waals surface area contributed by atoms with Crippen molar-refractivity contribution < 1.29 is 34.6 Å². The molecule has 37 heavy (non-hydrogen) atoms. The minimum atomic E-state index is -0.913. The Kier molecular flexibility index (Phi) is 1.76. The Hall–Kier alpha value is -4.88. The molecule has 0 spiro atoms. The first-order valence-electron chi connectivity index (χ1n) is 21.9. The van der Waals surface area contributed by atoms with E-state index in [2.05, 4.69) is 0 Å². The zero-order valence-electron chi connectivity index (χ0n) is 40.4. The Morgan fingerprint density at radius 3 is 1.73 bits per heavy atom. The summed E-state index contributed by atoms with van der Waals surface area (Å²) >= 11 is 0. The third-order valence-electron chi connectivity index (χ3n) is 6.07. The molecule has 172 valence electrons. The summed E-state index contributed by atoms with van der Waals surface area (Å²) in [6, 6.07) is -18.4. The van der Waals surface area contributed by atoms with Crippen LogP contribution < -0.4 is 0 Å². The molecule has 0 aliphatic heterocycles. The Bertz CT molecular complexity index is 3270. The summed E-state index contributed by atoms with van der Waals surface area (Å²) in [5, 5.41) is -4.44. The zero-order valence-corrected chi connectivity index (χ0v) is 18.4. The zero-order chi connectivity index (χ0) is 43.5. The van der Waals surface area contributed by atoms with Crippen LogP contribution in [0.3, 0.4) is 0 Å². The summed E-state index contributed by atoms with van der Waals surface area (Å²) in [6.07, 6.45) is 0. The van der Waals surface area contributed by atoms with Gasteiger partial charge in [-0.15, -0.1) is 0 Å². The number of para-hydroxylation sites is 1. The van der Waals surface area contributed by atoms with Gasteiger partial charge in [0, 0.05) is 10.8 Å². The van der Waals surface area contributed by atoms with E-state index in [9.17, 15) is 9.60 Å². The van der Waals surface area contributed by atoms with E-state index in [0.29, 0.717) is 0 Å². The Labute approximate surface area is 245 Å². The van der Waals surface area contributed by atoms with Crippen LogP contribution in [0.4, 0.5) is 0 Å². The van der Waals surface area contributed by atoms with Gasteiger partial charge in [0.15, 0.2) is 0 Å². The van der Waals surface area contributed by atoms with Crippen LogP contribution in [-0.2, 0) is 0 Å². The van der Waals surface area contributed by atoms with E-state index >= 15 is 0 Å². The second-order valence-electron chi connectivity index (χ2n) is 8.01. The number of fused-ring (bicyclic) bond motifs is 6. The predicted octanol–water partition coefficient (Wildman–Crippen LogP) is 10.4. The standard InChI is InChI=1S/C36H22O/c1-2-11-24-22-25(21-20-23(24)10-1)34-26-12-3-5-14-28(26)35(29-15-6-4-13-27(29)34)31-17-9-19-33-36(31)30-16-7-8-18-32(30)37-33/h1-22H/i1D,2D,3D,4D,5D,6D,7D,8D,9D,10D,11D,12D,13D,14D,15D,16D,17D,18D,19D,20D,21D,22D. The quantitative estimate of drug-likeness (QED) is 0.219. The molecule has 8 aromatic rings. The van der Waals surface area contributed by atoms with Crippen LogP contribution >= 0.6 is 0 Å². The molecule has 0 atom stereocenters. The van der Waals surface area contributed by atoms with Crippen molar-refractivity contribution in [2.24, 2.45) is 0 Å². The number of hydrogen-bond donors (Lipinski definition) is 0. The van der Waals surface area contributed by atoms with E-state index in [4.69, 9.17) is 25.0 Å². The predicted molar refractivity (Wildman–Crippen MR) is 157 cm³/mol. The van der Waals surface area contributed by atoms with Crippen LogP contribution in [0.25, 0.3) is 76.5 Å². The molecule has 0 bridgehead atoms. The Morgan fingerprint density at radius 2 is 1.00 bits per heavy atom. The lowest BCUT2D eigenvalue weighted by Gasteiger charge is -2.18. The highest BCUT2D eigenvalue weighted by Gasteiger charge is 2.20. The van der Waals surface area contributed by atoms with Gasteiger partial charge in [0.25, 0.3) is 0 Å². The van der Waals surface area contributed by atoms with E-state index in [1.807, 2.05) is 0 Å². The number of furan rings is 1. The molecule has 7 aromatic carbocycles. The summed E-state index contributed by atoms with van der Waals surface area (Å²) < 4.78 is 200. The molecule has 1 aromatic heterocycles. The highest BCUT2D eigenvalue weighted by molar-refractivity contribution is 6.25. The Balaban J connectivity index is 1.81. The van der Waals surface area contributed by atoms with E-state index in [-0.39, 0.29) is 0 Å². The molecular formula is C36H22O. The maximum atomic E-state index is 9.38. The molecule has 0 radical (unpaired) electrons. The van der Waals surface area contributed by atoms with Gasteiger partial charge in [-0.25, -0.2) is 0 Å². The molecular weight excluding hydrogens is 448 g/mol. The molecule has 0 saturated carbocycles. The van der Waals surface area contributed by atoms with Crippen molar-refractivity contribution in [1.82, 2.24) is 0 Å². The van der Waals surface area contributed by atoms with E-state index in [1.54, 1.807) is 0 Å². The maximum Gasteiger partial charge on any atom is 0.136 e. The lowest BCUT2D eigenvalue weighted by atomic mass is 9.84. The van der Waals surface area contributed by atoms with Crippen molar-refractivity contribution in [3.8, 4) is 22.3 Å². The third kappa shape index (κ3) is 2.98. The minimum Gasteiger partial charge on any atom is -0.456 e. The second kappa shape index (κ2) is 7.81. The average Bonchev–Trinajstić information content (AvgIpc) is 3.61. The normalized spacial score (nSPS) is 20.1. The van der Waals surface area contributed by atoms with Gasteiger partial charge in [-0.2, -0.15) is 0 Å². The van der Waals surface area contributed by atoms with Crippen molar-refractivity contribution in [1.29, 1.82) is 0 Å². The van der Waals surface area contributed by atoms with Gasteiger partial charge in [0.05, 0.1) is 30.2 Å². The monoisotopic (exact) mass is 492 g/mol. The molecule has 0 aliphatic rings. The minimum absolute atomic E-state index is 0.417. The molecule has 0 aliphatic carbocycles. The van der Waals surface area contributed by atoms with Gasteiger partial charge in [0.2, 0.25) is 0 Å². The molecule has 8 rings (SSSR count). The van der Waals surface area contributed by atoms with E-state index in [0.717, 1.165) is 0 Å². The van der Waals surface area contributed by atoms with Gasteiger partial charge in [-0.3, -0.25) is 0 Å². The van der Waals surface area contributed by atoms with Crippen molar-refractivity contribution in [2.45, 2.75) is 0 Å². The maximum absolute atomic E-state index is 9.38. The molecule has 0 unspecified atom stereocenters. The molecule has 0 saturated heterocycles. The lowest BCUT2D eigenvalue weighted by Crippen LogP contribution is -1.91. The van der Waals surface area contributed by atoms with Crippen LogP contribution in [0, 0.1) is 0 Å². The largest absolute Gasteiger partial charge is 0.456 e. The summed E-state index contributed by atoms with van der Waals surface area (Å²) in [5.74, 6) is 0. The first kappa shape index (κ1) is 8.33. The summed E-state index contributed by atoms with van der Waals surface area (Å²) in [4.78, 5) is 0. The SMILES string of the molecule is [2H]c1c([2H])c([2H])c2c(oc3c([2H])c([2H])c([2H])c(-c4c5c([2H])c([2H])c([2H])c([2H])c5c(-c5c([2H])c([2H])c6c([2H])c([2H])c([2H])c([2H])c6c5[2H])c5c([2H])c([2H])c([2H])c([2H])c45)c32)c1[2H]. The van der Waals surface area contributed by atoms with Gasteiger partial charge in [0.1, 0.15) is 11.2 Å². The van der Waals surface area contributed by atoms with Gasteiger partial charge < -0.3 is 4.42 Å². The fraction of sp³-hybridized carbons (Fsp3) is 0. The van der Waals surface area contributed by atoms with Crippen LogP contribution in [-0.4, -0.2) is 0 Å². The number of hydrogen-bond acceptors (Lipinski definition) is 1. The summed E-state index contributed by atoms with van der Waals surface area (Å²) in [5.41, 5.74) is -3.55. The van der Waals surface area contributed by atoms with Crippen LogP contribution in [0.1, 0.15) is 30.2 Å². The van der Waals surface area contributed by atoms with Gasteiger partial charge in [-0.05, 0) is 72.7 Å². The van der Waals surface area contributed by atoms with Crippen molar-refractivity contribution in [3.63, 3.8) is 0 Å². The van der Waals surface area contributed by atoms with Crippen molar-refractivity contribution in [2.75, 3.05) is 0 Å². The smallest absolute Gasteiger partial charge is 0.136 e. The average molecular weight is 493 g/mol. The first-order valence-corrected chi connectivity index (χ1v) is 10.9. The molecule has 1 heteroatoms. The highest BCUT2D eigenvalue weighted by atomic mass is 16.3. The lowest BCUT2D eigenvalue weighted by molar-refractivity contribution is 0.669. The molecule has 1 nitrogen and oxygen atoms in total. The molecule has 0 amide bonds. The molecule has 0 fully saturated rings. The number of benzene rings is 7. The first-order chi connectivity index (χ1) is 27.5. The van der Waals surface area contributed by atoms with E-state index < -0.39 is 209 Å². The molecule has 0 N–H and O–H groups in total. The van der Waals surface area contributed by atoms with Crippen molar-refractivity contribution in [3.05, 3.63) is 133 Å². The van der Waals surface area contributed by atoms with Gasteiger partial charge in [-0.1, -0.05) is 115 Å². The van der Waals surface area contributed by atoms with Crippen molar-refractivity contribution >= 4 is 54.3 Å². The Morgan fingerprint density at radius 1 is 0.432 bits per heavy atom. The summed E-state index contributed by atoms with van der Waals surface area (Å²) in [7, 11) is 0.